The Labute approximate surface area is 112 Å². The summed E-state index contributed by atoms with van der Waals surface area (Å²) in [6.07, 6.45) is 2.43. The van der Waals surface area contributed by atoms with Gasteiger partial charge in [0.05, 0.1) is 5.97 Å². The van der Waals surface area contributed by atoms with Gasteiger partial charge >= 0.3 is 0 Å². The first-order valence-corrected chi connectivity index (χ1v) is 6.11. The fourth-order valence-corrected chi connectivity index (χ4v) is 1.80. The maximum absolute atomic E-state index is 10.9. The highest BCUT2D eigenvalue weighted by atomic mass is 16.4. The predicted octanol–water partition coefficient (Wildman–Crippen LogP) is 1.71. The average Bonchev–Trinajstić information content (AvgIpc) is 2.45. The van der Waals surface area contributed by atoms with Crippen LogP contribution in [-0.4, -0.2) is 18.7 Å². The SMILES string of the molecule is O=C([O-])c1ccccc1C=NCCc1ccccc1. The summed E-state index contributed by atoms with van der Waals surface area (Å²) in [5.41, 5.74) is 1.97. The number of aromatic carboxylic acids is 1. The van der Waals surface area contributed by atoms with Crippen molar-refractivity contribution in [2.24, 2.45) is 4.99 Å². The molecule has 0 N–H and O–H groups in total. The minimum Gasteiger partial charge on any atom is -0.545 e. The molecule has 19 heavy (non-hydrogen) atoms. The lowest BCUT2D eigenvalue weighted by Gasteiger charge is -2.05. The molecule has 0 radical (unpaired) electrons. The van der Waals surface area contributed by atoms with E-state index < -0.39 is 5.97 Å². The Morgan fingerprint density at radius 3 is 2.47 bits per heavy atom. The van der Waals surface area contributed by atoms with Crippen molar-refractivity contribution in [1.29, 1.82) is 0 Å². The van der Waals surface area contributed by atoms with E-state index in [0.717, 1.165) is 6.42 Å². The summed E-state index contributed by atoms with van der Waals surface area (Å²) in [7, 11) is 0. The van der Waals surface area contributed by atoms with Gasteiger partial charge in [0.1, 0.15) is 0 Å². The highest BCUT2D eigenvalue weighted by Gasteiger charge is 1.98. The van der Waals surface area contributed by atoms with Gasteiger partial charge in [0, 0.05) is 23.9 Å². The van der Waals surface area contributed by atoms with Gasteiger partial charge in [-0.15, -0.1) is 0 Å². The topological polar surface area (TPSA) is 52.5 Å². The molecule has 0 amide bonds. The lowest BCUT2D eigenvalue weighted by atomic mass is 10.1. The zero-order chi connectivity index (χ0) is 13.5. The van der Waals surface area contributed by atoms with Crippen molar-refractivity contribution in [3.05, 3.63) is 71.3 Å². The third-order valence-corrected chi connectivity index (χ3v) is 2.78. The van der Waals surface area contributed by atoms with Crippen LogP contribution in [0.1, 0.15) is 21.5 Å². The average molecular weight is 252 g/mol. The van der Waals surface area contributed by atoms with Crippen LogP contribution in [0, 0.1) is 0 Å². The van der Waals surface area contributed by atoms with E-state index in [0.29, 0.717) is 12.1 Å². The second kappa shape index (κ2) is 6.50. The lowest BCUT2D eigenvalue weighted by Crippen LogP contribution is -2.23. The summed E-state index contributed by atoms with van der Waals surface area (Å²) in [4.78, 5) is 15.2. The Balaban J connectivity index is 1.98. The molecule has 0 saturated carbocycles. The first-order chi connectivity index (χ1) is 9.27. The van der Waals surface area contributed by atoms with Crippen LogP contribution < -0.4 is 5.11 Å². The maximum Gasteiger partial charge on any atom is 0.0721 e. The smallest absolute Gasteiger partial charge is 0.0721 e. The van der Waals surface area contributed by atoms with Crippen molar-refractivity contribution >= 4 is 12.2 Å². The summed E-state index contributed by atoms with van der Waals surface area (Å²) < 4.78 is 0. The van der Waals surface area contributed by atoms with Gasteiger partial charge in [-0.3, -0.25) is 4.99 Å². The minimum atomic E-state index is -1.18. The largest absolute Gasteiger partial charge is 0.545 e. The number of hydrogen-bond donors (Lipinski definition) is 0. The number of carboxylic acids is 1. The van der Waals surface area contributed by atoms with Gasteiger partial charge < -0.3 is 9.90 Å². The summed E-state index contributed by atoms with van der Waals surface area (Å²) in [6.45, 7) is 0.630. The monoisotopic (exact) mass is 252 g/mol. The molecule has 0 aromatic heterocycles. The molecule has 0 unspecified atom stereocenters. The summed E-state index contributed by atoms with van der Waals surface area (Å²) in [6, 6.07) is 16.7. The van der Waals surface area contributed by atoms with Crippen molar-refractivity contribution < 1.29 is 9.90 Å². The number of carbonyl (C=O) groups excluding carboxylic acids is 1. The van der Waals surface area contributed by atoms with Crippen molar-refractivity contribution in [2.45, 2.75) is 6.42 Å². The number of aliphatic imine (C=N–C) groups is 1. The Kier molecular flexibility index (Phi) is 4.45. The first kappa shape index (κ1) is 13.0. The van der Waals surface area contributed by atoms with E-state index in [4.69, 9.17) is 0 Å². The fourth-order valence-electron chi connectivity index (χ4n) is 1.80. The van der Waals surface area contributed by atoms with Gasteiger partial charge in [-0.25, -0.2) is 0 Å². The molecule has 0 aliphatic carbocycles. The molecule has 0 saturated heterocycles. The Morgan fingerprint density at radius 1 is 1.05 bits per heavy atom. The van der Waals surface area contributed by atoms with E-state index in [-0.39, 0.29) is 5.56 Å². The van der Waals surface area contributed by atoms with Gasteiger partial charge in [0.2, 0.25) is 0 Å². The van der Waals surface area contributed by atoms with Crippen LogP contribution in [0.25, 0.3) is 0 Å². The highest BCUT2D eigenvalue weighted by molar-refractivity contribution is 5.97. The van der Waals surface area contributed by atoms with Crippen LogP contribution in [0.4, 0.5) is 0 Å². The van der Waals surface area contributed by atoms with Gasteiger partial charge in [0.15, 0.2) is 0 Å². The standard InChI is InChI=1S/C16H15NO2/c18-16(19)15-9-5-4-8-14(15)12-17-11-10-13-6-2-1-3-7-13/h1-9,12H,10-11H2,(H,18,19)/p-1. The molecule has 2 rings (SSSR count). The van der Waals surface area contributed by atoms with E-state index in [9.17, 15) is 9.90 Å². The van der Waals surface area contributed by atoms with Crippen LogP contribution in [0.5, 0.6) is 0 Å². The van der Waals surface area contributed by atoms with E-state index in [1.165, 1.54) is 11.6 Å². The van der Waals surface area contributed by atoms with Crippen LogP contribution in [0.15, 0.2) is 59.6 Å². The Bertz CT molecular complexity index is 576. The van der Waals surface area contributed by atoms with Gasteiger partial charge in [-0.1, -0.05) is 54.6 Å². The molecule has 0 fully saturated rings. The van der Waals surface area contributed by atoms with Gasteiger partial charge in [-0.2, -0.15) is 0 Å². The molecule has 0 heterocycles. The van der Waals surface area contributed by atoms with E-state index in [1.54, 1.807) is 24.4 Å². The second-order valence-corrected chi connectivity index (χ2v) is 4.15. The summed E-state index contributed by atoms with van der Waals surface area (Å²) >= 11 is 0. The molecular weight excluding hydrogens is 238 g/mol. The van der Waals surface area contributed by atoms with Crippen LogP contribution in [-0.2, 0) is 6.42 Å². The van der Waals surface area contributed by atoms with Gasteiger partial charge in [0.25, 0.3) is 0 Å². The Hall–Kier alpha value is -2.42. The third kappa shape index (κ3) is 3.78. The molecule has 96 valence electrons. The fraction of sp³-hybridized carbons (Fsp3) is 0.125. The van der Waals surface area contributed by atoms with Crippen molar-refractivity contribution in [3.63, 3.8) is 0 Å². The van der Waals surface area contributed by atoms with Crippen molar-refractivity contribution in [2.75, 3.05) is 6.54 Å². The maximum atomic E-state index is 10.9. The van der Waals surface area contributed by atoms with Crippen LogP contribution in [0.3, 0.4) is 0 Å². The molecule has 3 nitrogen and oxygen atoms in total. The molecule has 0 atom stereocenters. The number of nitrogens with zero attached hydrogens (tertiary/aromatic N) is 1. The number of rotatable bonds is 5. The predicted molar refractivity (Wildman–Crippen MR) is 73.4 cm³/mol. The summed E-state index contributed by atoms with van der Waals surface area (Å²) in [5.74, 6) is -1.18. The quantitative estimate of drug-likeness (QED) is 0.761. The molecule has 0 aliphatic heterocycles. The zero-order valence-electron chi connectivity index (χ0n) is 10.5. The number of hydrogen-bond acceptors (Lipinski definition) is 3. The van der Waals surface area contributed by atoms with E-state index in [2.05, 4.69) is 4.99 Å². The number of carboxylic acid groups (broad SMARTS) is 1. The van der Waals surface area contributed by atoms with Gasteiger partial charge in [-0.05, 0) is 12.0 Å². The first-order valence-electron chi connectivity index (χ1n) is 6.11. The van der Waals surface area contributed by atoms with Crippen molar-refractivity contribution in [3.8, 4) is 0 Å². The highest BCUT2D eigenvalue weighted by Crippen LogP contribution is 2.05. The molecule has 0 bridgehead atoms. The van der Waals surface area contributed by atoms with Crippen molar-refractivity contribution in [1.82, 2.24) is 0 Å². The van der Waals surface area contributed by atoms with E-state index in [1.807, 2.05) is 30.3 Å². The number of benzene rings is 2. The van der Waals surface area contributed by atoms with Crippen LogP contribution in [0.2, 0.25) is 0 Å². The molecule has 3 heteroatoms. The molecule has 2 aromatic rings. The normalized spacial score (nSPS) is 10.7. The minimum absolute atomic E-state index is 0.172. The van der Waals surface area contributed by atoms with E-state index >= 15 is 0 Å². The molecule has 2 aromatic carbocycles. The zero-order valence-corrected chi connectivity index (χ0v) is 10.5. The third-order valence-electron chi connectivity index (χ3n) is 2.78. The molecule has 0 aliphatic rings. The molecule has 0 spiro atoms. The lowest BCUT2D eigenvalue weighted by molar-refractivity contribution is -0.255. The number of carbonyl (C=O) groups is 1. The Morgan fingerprint density at radius 2 is 1.74 bits per heavy atom. The molecular formula is C16H14NO2-. The summed E-state index contributed by atoms with van der Waals surface area (Å²) in [5, 5.41) is 10.9. The second-order valence-electron chi connectivity index (χ2n) is 4.15. The van der Waals surface area contributed by atoms with Crippen LogP contribution >= 0.6 is 0 Å².